The molecule has 2 aromatic rings. The van der Waals surface area contributed by atoms with Gasteiger partial charge in [-0.15, -0.1) is 0 Å². The summed E-state index contributed by atoms with van der Waals surface area (Å²) in [5.41, 5.74) is 2.33. The van der Waals surface area contributed by atoms with Crippen molar-refractivity contribution in [1.29, 1.82) is 0 Å². The highest BCUT2D eigenvalue weighted by Gasteiger charge is 2.30. The van der Waals surface area contributed by atoms with E-state index in [2.05, 4.69) is 29.6 Å². The van der Waals surface area contributed by atoms with Crippen LogP contribution in [0.5, 0.6) is 11.5 Å². The Labute approximate surface area is 148 Å². The van der Waals surface area contributed by atoms with E-state index < -0.39 is 0 Å². The van der Waals surface area contributed by atoms with Gasteiger partial charge in [-0.2, -0.15) is 5.10 Å². The van der Waals surface area contributed by atoms with Gasteiger partial charge < -0.3 is 19.5 Å². The summed E-state index contributed by atoms with van der Waals surface area (Å²) in [4.78, 5) is 0. The Morgan fingerprint density at radius 1 is 1.24 bits per heavy atom. The topological polar surface area (TPSA) is 57.5 Å². The number of hydrogen-bond acceptors (Lipinski definition) is 5. The van der Waals surface area contributed by atoms with Crippen LogP contribution < -0.4 is 14.8 Å². The van der Waals surface area contributed by atoms with E-state index in [0.29, 0.717) is 19.1 Å². The number of benzene rings is 1. The van der Waals surface area contributed by atoms with Crippen molar-refractivity contribution >= 4 is 0 Å². The van der Waals surface area contributed by atoms with Gasteiger partial charge in [0, 0.05) is 49.5 Å². The number of hydrogen-bond donors (Lipinski definition) is 1. The molecule has 2 aliphatic rings. The van der Waals surface area contributed by atoms with Crippen molar-refractivity contribution in [1.82, 2.24) is 15.1 Å². The Balaban J connectivity index is 1.36. The normalized spacial score (nSPS) is 22.3. The van der Waals surface area contributed by atoms with Gasteiger partial charge in [-0.1, -0.05) is 12.1 Å². The molecule has 0 aliphatic carbocycles. The average Bonchev–Trinajstić information content (AvgIpc) is 3.30. The molecule has 6 heteroatoms. The second-order valence-electron chi connectivity index (χ2n) is 6.54. The van der Waals surface area contributed by atoms with E-state index in [4.69, 9.17) is 14.2 Å². The molecule has 0 amide bonds. The monoisotopic (exact) mass is 343 g/mol. The Morgan fingerprint density at radius 3 is 3.04 bits per heavy atom. The van der Waals surface area contributed by atoms with E-state index in [-0.39, 0.29) is 6.10 Å². The van der Waals surface area contributed by atoms with E-state index in [0.717, 1.165) is 49.7 Å². The molecule has 1 aromatic heterocycles. The van der Waals surface area contributed by atoms with Gasteiger partial charge in [0.15, 0.2) is 11.5 Å². The number of nitrogens with zero attached hydrogens (tertiary/aromatic N) is 2. The number of aryl methyl sites for hydroxylation is 1. The lowest BCUT2D eigenvalue weighted by Crippen LogP contribution is -2.25. The first-order valence-electron chi connectivity index (χ1n) is 9.07. The Kier molecular flexibility index (Phi) is 4.90. The molecule has 0 unspecified atom stereocenters. The van der Waals surface area contributed by atoms with Crippen LogP contribution in [0.3, 0.4) is 0 Å². The number of ether oxygens (including phenoxy) is 3. The molecule has 134 valence electrons. The van der Waals surface area contributed by atoms with Crippen molar-refractivity contribution in [3.05, 3.63) is 41.7 Å². The number of para-hydroxylation sites is 1. The van der Waals surface area contributed by atoms with E-state index in [1.807, 2.05) is 23.0 Å². The van der Waals surface area contributed by atoms with Crippen molar-refractivity contribution in [3.63, 3.8) is 0 Å². The largest absolute Gasteiger partial charge is 0.486 e. The second kappa shape index (κ2) is 7.45. The van der Waals surface area contributed by atoms with Gasteiger partial charge in [0.05, 0.1) is 12.3 Å². The molecule has 3 heterocycles. The van der Waals surface area contributed by atoms with Gasteiger partial charge in [-0.25, -0.2) is 0 Å². The maximum absolute atomic E-state index is 5.96. The van der Waals surface area contributed by atoms with Crippen LogP contribution in [-0.4, -0.2) is 36.1 Å². The van der Waals surface area contributed by atoms with Crippen LogP contribution in [0.4, 0.5) is 0 Å². The van der Waals surface area contributed by atoms with E-state index in [1.54, 1.807) is 0 Å². The van der Waals surface area contributed by atoms with Crippen molar-refractivity contribution in [2.24, 2.45) is 5.92 Å². The van der Waals surface area contributed by atoms with E-state index >= 15 is 0 Å². The molecule has 6 nitrogen and oxygen atoms in total. The van der Waals surface area contributed by atoms with Crippen LogP contribution in [0, 0.1) is 5.92 Å². The molecule has 0 radical (unpaired) electrons. The number of aromatic nitrogens is 2. The van der Waals surface area contributed by atoms with Crippen LogP contribution in [0.25, 0.3) is 0 Å². The summed E-state index contributed by atoms with van der Waals surface area (Å²) in [6.07, 6.45) is 5.24. The molecule has 1 N–H and O–H groups in total. The van der Waals surface area contributed by atoms with Crippen LogP contribution in [-0.2, 0) is 17.8 Å². The Bertz CT molecular complexity index is 716. The first-order valence-corrected chi connectivity index (χ1v) is 9.07. The lowest BCUT2D eigenvalue weighted by Gasteiger charge is -2.22. The highest BCUT2D eigenvalue weighted by atomic mass is 16.6. The summed E-state index contributed by atoms with van der Waals surface area (Å²) >= 11 is 0. The summed E-state index contributed by atoms with van der Waals surface area (Å²) in [6, 6.07) is 6.07. The minimum absolute atomic E-state index is 0.136. The van der Waals surface area contributed by atoms with Gasteiger partial charge in [-0.05, 0) is 19.4 Å². The van der Waals surface area contributed by atoms with E-state index in [9.17, 15) is 0 Å². The minimum atomic E-state index is 0.136. The van der Waals surface area contributed by atoms with Gasteiger partial charge in [0.2, 0.25) is 0 Å². The molecular formula is C19H25N3O3. The first-order chi connectivity index (χ1) is 12.3. The average molecular weight is 343 g/mol. The molecule has 1 fully saturated rings. The summed E-state index contributed by atoms with van der Waals surface area (Å²) < 4.78 is 19.3. The van der Waals surface area contributed by atoms with Gasteiger partial charge in [-0.3, -0.25) is 4.68 Å². The highest BCUT2D eigenvalue weighted by molar-refractivity contribution is 5.47. The van der Waals surface area contributed by atoms with Gasteiger partial charge in [0.1, 0.15) is 13.2 Å². The van der Waals surface area contributed by atoms with Crippen LogP contribution in [0.15, 0.2) is 30.6 Å². The number of fused-ring (bicyclic) bond motifs is 1. The summed E-state index contributed by atoms with van der Waals surface area (Å²) in [5, 5.41) is 7.95. The predicted molar refractivity (Wildman–Crippen MR) is 93.8 cm³/mol. The fourth-order valence-corrected chi connectivity index (χ4v) is 3.58. The third-order valence-corrected chi connectivity index (χ3v) is 4.89. The third kappa shape index (κ3) is 3.50. The number of rotatable bonds is 6. The van der Waals surface area contributed by atoms with Crippen LogP contribution >= 0.6 is 0 Å². The lowest BCUT2D eigenvalue weighted by molar-refractivity contribution is 0.0903. The zero-order valence-electron chi connectivity index (χ0n) is 14.6. The smallest absolute Gasteiger partial charge is 0.165 e. The summed E-state index contributed by atoms with van der Waals surface area (Å²) in [6.45, 7) is 6.71. The molecule has 0 bridgehead atoms. The molecule has 1 saturated heterocycles. The zero-order valence-corrected chi connectivity index (χ0v) is 14.6. The van der Waals surface area contributed by atoms with Crippen molar-refractivity contribution in [2.45, 2.75) is 32.5 Å². The fraction of sp³-hybridized carbons (Fsp3) is 0.526. The lowest BCUT2D eigenvalue weighted by atomic mass is 9.97. The summed E-state index contributed by atoms with van der Waals surface area (Å²) in [7, 11) is 0. The zero-order chi connectivity index (χ0) is 17.1. The number of nitrogens with one attached hydrogen (secondary N) is 1. The standard InChI is InChI=1S/C19H25N3O3/c1-2-22-13-16(12-21-22)18-15(6-7-24-18)11-20-10-14-4-3-5-17-19(14)25-9-8-23-17/h3-5,12-13,15,18,20H,2,6-11H2,1H3/t15-,18-/m0/s1. The highest BCUT2D eigenvalue weighted by Crippen LogP contribution is 2.35. The molecule has 0 saturated carbocycles. The van der Waals surface area contributed by atoms with Crippen LogP contribution in [0.1, 0.15) is 30.6 Å². The molecule has 2 atom stereocenters. The third-order valence-electron chi connectivity index (χ3n) is 4.89. The van der Waals surface area contributed by atoms with E-state index in [1.165, 1.54) is 5.56 Å². The van der Waals surface area contributed by atoms with Crippen molar-refractivity contribution in [3.8, 4) is 11.5 Å². The fourth-order valence-electron chi connectivity index (χ4n) is 3.58. The Morgan fingerprint density at radius 2 is 2.16 bits per heavy atom. The van der Waals surface area contributed by atoms with Gasteiger partial charge in [0.25, 0.3) is 0 Å². The Hall–Kier alpha value is -2.05. The SMILES string of the molecule is CCn1cc([C@H]2OCC[C@H]2CNCc2cccc3c2OCCO3)cn1. The quantitative estimate of drug-likeness (QED) is 0.873. The minimum Gasteiger partial charge on any atom is -0.486 e. The van der Waals surface area contributed by atoms with Crippen molar-refractivity contribution < 1.29 is 14.2 Å². The second-order valence-corrected chi connectivity index (χ2v) is 6.54. The summed E-state index contributed by atoms with van der Waals surface area (Å²) in [5.74, 6) is 2.19. The molecule has 0 spiro atoms. The predicted octanol–water partition coefficient (Wildman–Crippen LogP) is 2.54. The molecule has 4 rings (SSSR count). The maximum Gasteiger partial charge on any atom is 0.165 e. The maximum atomic E-state index is 5.96. The van der Waals surface area contributed by atoms with Gasteiger partial charge >= 0.3 is 0 Å². The molecular weight excluding hydrogens is 318 g/mol. The molecule has 25 heavy (non-hydrogen) atoms. The first kappa shape index (κ1) is 16.4. The van der Waals surface area contributed by atoms with Crippen molar-refractivity contribution in [2.75, 3.05) is 26.4 Å². The molecule has 2 aliphatic heterocycles. The van der Waals surface area contributed by atoms with Crippen LogP contribution in [0.2, 0.25) is 0 Å². The molecule has 1 aromatic carbocycles.